The first-order valence-corrected chi connectivity index (χ1v) is 7.50. The molecule has 0 aliphatic carbocycles. The Labute approximate surface area is 131 Å². The minimum absolute atomic E-state index is 0. The van der Waals surface area contributed by atoms with Crippen LogP contribution in [0.3, 0.4) is 0 Å². The van der Waals surface area contributed by atoms with Gasteiger partial charge in [0.2, 0.25) is 0 Å². The molecule has 4 nitrogen and oxygen atoms in total. The third kappa shape index (κ3) is 4.77. The van der Waals surface area contributed by atoms with Crippen LogP contribution in [0.2, 0.25) is 0 Å². The molecule has 0 amide bonds. The highest BCUT2D eigenvalue weighted by atomic mass is 127. The number of ether oxygens (including phenoxy) is 1. The van der Waals surface area contributed by atoms with E-state index >= 15 is 0 Å². The van der Waals surface area contributed by atoms with E-state index in [1.54, 1.807) is 0 Å². The van der Waals surface area contributed by atoms with E-state index in [2.05, 4.69) is 22.5 Å². The van der Waals surface area contributed by atoms with Crippen molar-refractivity contribution >= 4 is 41.7 Å². The summed E-state index contributed by atoms with van der Waals surface area (Å²) < 4.78 is 5.25. The maximum atomic E-state index is 5.25. The Morgan fingerprint density at radius 3 is 2.78 bits per heavy atom. The van der Waals surface area contributed by atoms with Crippen molar-refractivity contribution in [3.63, 3.8) is 0 Å². The van der Waals surface area contributed by atoms with E-state index in [1.165, 1.54) is 24.3 Å². The minimum Gasteiger partial charge on any atom is -0.380 e. The minimum atomic E-state index is 0. The van der Waals surface area contributed by atoms with Crippen LogP contribution < -0.4 is 10.6 Å². The SMILES string of the molecule is CN=C(NCC1(C)COC1)NC1CCCSC1.I. The zero-order valence-electron chi connectivity index (χ0n) is 11.2. The largest absolute Gasteiger partial charge is 0.380 e. The number of rotatable bonds is 3. The van der Waals surface area contributed by atoms with Gasteiger partial charge in [0, 0.05) is 30.8 Å². The Kier molecular flexibility index (Phi) is 7.08. The van der Waals surface area contributed by atoms with Crippen molar-refractivity contribution < 1.29 is 4.74 Å². The molecule has 2 N–H and O–H groups in total. The molecule has 0 aromatic rings. The first-order valence-electron chi connectivity index (χ1n) is 6.34. The van der Waals surface area contributed by atoms with E-state index < -0.39 is 0 Å². The molecular formula is C12H24IN3OS. The van der Waals surface area contributed by atoms with E-state index in [4.69, 9.17) is 4.74 Å². The topological polar surface area (TPSA) is 45.7 Å². The molecule has 2 aliphatic heterocycles. The predicted octanol–water partition coefficient (Wildman–Crippen LogP) is 1.70. The summed E-state index contributed by atoms with van der Waals surface area (Å²) in [5.74, 6) is 3.44. The highest BCUT2D eigenvalue weighted by Crippen LogP contribution is 2.25. The van der Waals surface area contributed by atoms with E-state index in [1.807, 2.05) is 18.8 Å². The predicted molar refractivity (Wildman–Crippen MR) is 89.2 cm³/mol. The molecule has 106 valence electrons. The molecule has 0 bridgehead atoms. The third-order valence-corrected chi connectivity index (χ3v) is 4.52. The number of nitrogens with zero attached hydrogens (tertiary/aromatic N) is 1. The van der Waals surface area contributed by atoms with Gasteiger partial charge in [-0.3, -0.25) is 4.99 Å². The van der Waals surface area contributed by atoms with E-state index in [0.717, 1.165) is 25.7 Å². The lowest BCUT2D eigenvalue weighted by molar-refractivity contribution is -0.0971. The maximum absolute atomic E-state index is 5.25. The molecule has 2 heterocycles. The molecule has 0 spiro atoms. The van der Waals surface area contributed by atoms with Gasteiger partial charge in [-0.05, 0) is 18.6 Å². The van der Waals surface area contributed by atoms with Crippen LogP contribution in [0.1, 0.15) is 19.8 Å². The molecular weight excluding hydrogens is 361 g/mol. The second-order valence-electron chi connectivity index (χ2n) is 5.29. The summed E-state index contributed by atoms with van der Waals surface area (Å²) in [6.45, 7) is 4.90. The van der Waals surface area contributed by atoms with Crippen molar-refractivity contribution in [1.82, 2.24) is 10.6 Å². The van der Waals surface area contributed by atoms with Gasteiger partial charge < -0.3 is 15.4 Å². The second-order valence-corrected chi connectivity index (χ2v) is 6.44. The molecule has 0 saturated carbocycles. The number of nitrogens with one attached hydrogen (secondary N) is 2. The van der Waals surface area contributed by atoms with Gasteiger partial charge in [0.15, 0.2) is 5.96 Å². The van der Waals surface area contributed by atoms with Crippen LogP contribution in [0, 0.1) is 5.41 Å². The van der Waals surface area contributed by atoms with Gasteiger partial charge in [-0.15, -0.1) is 24.0 Å². The molecule has 1 atom stereocenters. The third-order valence-electron chi connectivity index (χ3n) is 3.31. The average molecular weight is 385 g/mol. The molecule has 0 radical (unpaired) electrons. The Balaban J connectivity index is 0.00000162. The lowest BCUT2D eigenvalue weighted by atomic mass is 9.89. The standard InChI is InChI=1S/C12H23N3OS.HI/c1-12(8-16-9-12)7-14-11(13-2)15-10-4-3-5-17-6-10;/h10H,3-9H2,1-2H3,(H2,13,14,15);1H. The zero-order valence-corrected chi connectivity index (χ0v) is 14.3. The highest BCUT2D eigenvalue weighted by molar-refractivity contribution is 14.0. The fourth-order valence-electron chi connectivity index (χ4n) is 2.09. The zero-order chi connectivity index (χ0) is 12.1. The number of hydrogen-bond donors (Lipinski definition) is 2. The van der Waals surface area contributed by atoms with Gasteiger partial charge in [-0.25, -0.2) is 0 Å². The average Bonchev–Trinajstić information content (AvgIpc) is 2.33. The Morgan fingerprint density at radius 2 is 2.28 bits per heavy atom. The number of guanidine groups is 1. The van der Waals surface area contributed by atoms with Crippen LogP contribution in [-0.4, -0.2) is 50.3 Å². The molecule has 2 aliphatic rings. The van der Waals surface area contributed by atoms with E-state index in [0.29, 0.717) is 11.5 Å². The summed E-state index contributed by atoms with van der Waals surface area (Å²) in [5.41, 5.74) is 0.291. The van der Waals surface area contributed by atoms with Crippen LogP contribution in [-0.2, 0) is 4.74 Å². The monoisotopic (exact) mass is 385 g/mol. The van der Waals surface area contributed by atoms with Crippen LogP contribution in [0.25, 0.3) is 0 Å². The first kappa shape index (κ1) is 16.4. The van der Waals surface area contributed by atoms with Gasteiger partial charge in [0.05, 0.1) is 13.2 Å². The fourth-order valence-corrected chi connectivity index (χ4v) is 3.16. The molecule has 18 heavy (non-hydrogen) atoms. The Hall–Kier alpha value is 0.310. The smallest absolute Gasteiger partial charge is 0.191 e. The van der Waals surface area contributed by atoms with Gasteiger partial charge >= 0.3 is 0 Å². The summed E-state index contributed by atoms with van der Waals surface area (Å²) in [5, 5.41) is 6.91. The summed E-state index contributed by atoms with van der Waals surface area (Å²) in [7, 11) is 1.84. The summed E-state index contributed by atoms with van der Waals surface area (Å²) in [6.07, 6.45) is 2.57. The van der Waals surface area contributed by atoms with Crippen molar-refractivity contribution in [2.45, 2.75) is 25.8 Å². The number of halogens is 1. The van der Waals surface area contributed by atoms with E-state index in [-0.39, 0.29) is 24.0 Å². The van der Waals surface area contributed by atoms with Crippen LogP contribution in [0.5, 0.6) is 0 Å². The van der Waals surface area contributed by atoms with Crippen molar-refractivity contribution in [2.75, 3.05) is 38.3 Å². The lowest BCUT2D eigenvalue weighted by Crippen LogP contribution is -2.53. The van der Waals surface area contributed by atoms with Gasteiger partial charge in [-0.2, -0.15) is 11.8 Å². The normalized spacial score (nSPS) is 26.8. The summed E-state index contributed by atoms with van der Waals surface area (Å²) in [6, 6.07) is 0.574. The number of hydrogen-bond acceptors (Lipinski definition) is 3. The quantitative estimate of drug-likeness (QED) is 0.441. The Bertz CT molecular complexity index is 278. The Morgan fingerprint density at radius 1 is 1.50 bits per heavy atom. The van der Waals surface area contributed by atoms with Crippen molar-refractivity contribution in [2.24, 2.45) is 10.4 Å². The van der Waals surface area contributed by atoms with Crippen molar-refractivity contribution in [3.8, 4) is 0 Å². The van der Waals surface area contributed by atoms with Crippen molar-refractivity contribution in [1.29, 1.82) is 0 Å². The fraction of sp³-hybridized carbons (Fsp3) is 0.917. The first-order chi connectivity index (χ1) is 8.22. The molecule has 0 aromatic carbocycles. The lowest BCUT2D eigenvalue weighted by Gasteiger charge is -2.38. The van der Waals surface area contributed by atoms with Crippen LogP contribution >= 0.6 is 35.7 Å². The molecule has 2 saturated heterocycles. The van der Waals surface area contributed by atoms with Gasteiger partial charge in [0.25, 0.3) is 0 Å². The number of thioether (sulfide) groups is 1. The van der Waals surface area contributed by atoms with Crippen LogP contribution in [0.15, 0.2) is 4.99 Å². The summed E-state index contributed by atoms with van der Waals surface area (Å²) in [4.78, 5) is 4.29. The highest BCUT2D eigenvalue weighted by Gasteiger charge is 2.33. The van der Waals surface area contributed by atoms with Gasteiger partial charge in [0.1, 0.15) is 0 Å². The molecule has 6 heteroatoms. The number of aliphatic imine (C=N–C) groups is 1. The molecule has 2 fully saturated rings. The molecule has 1 unspecified atom stereocenters. The molecule has 2 rings (SSSR count). The van der Waals surface area contributed by atoms with Crippen molar-refractivity contribution in [3.05, 3.63) is 0 Å². The maximum Gasteiger partial charge on any atom is 0.191 e. The van der Waals surface area contributed by atoms with E-state index in [9.17, 15) is 0 Å². The summed E-state index contributed by atoms with van der Waals surface area (Å²) >= 11 is 2.03. The second kappa shape index (κ2) is 7.79. The van der Waals surface area contributed by atoms with Gasteiger partial charge in [-0.1, -0.05) is 6.92 Å². The van der Waals surface area contributed by atoms with Crippen LogP contribution in [0.4, 0.5) is 0 Å². The molecule has 0 aromatic heterocycles.